The number of para-hydroxylation sites is 2. The zero-order chi connectivity index (χ0) is 13.6. The van der Waals surface area contributed by atoms with Crippen molar-refractivity contribution in [1.82, 2.24) is 15.0 Å². The fourth-order valence-electron chi connectivity index (χ4n) is 1.74. The van der Waals surface area contributed by atoms with E-state index in [-0.39, 0.29) is 0 Å². The van der Waals surface area contributed by atoms with Crippen LogP contribution in [-0.2, 0) is 0 Å². The lowest BCUT2D eigenvalue weighted by Gasteiger charge is -2.02. The minimum atomic E-state index is 0.666. The second-order valence-electron chi connectivity index (χ2n) is 4.15. The molecule has 20 heavy (non-hydrogen) atoms. The monoisotopic (exact) mass is 286 g/mol. The molecule has 102 valence electrons. The molecule has 0 saturated heterocycles. The third kappa shape index (κ3) is 3.27. The van der Waals surface area contributed by atoms with Crippen LogP contribution in [0.3, 0.4) is 0 Å². The summed E-state index contributed by atoms with van der Waals surface area (Å²) in [5.41, 5.74) is 1.75. The van der Waals surface area contributed by atoms with Crippen molar-refractivity contribution in [3.8, 4) is 0 Å². The van der Waals surface area contributed by atoms with Crippen LogP contribution >= 0.6 is 11.8 Å². The molecule has 2 heterocycles. The Kier molecular flexibility index (Phi) is 4.13. The van der Waals surface area contributed by atoms with Crippen molar-refractivity contribution in [3.05, 3.63) is 42.7 Å². The van der Waals surface area contributed by atoms with Gasteiger partial charge in [-0.3, -0.25) is 0 Å². The highest BCUT2D eigenvalue weighted by atomic mass is 32.2. The Bertz CT molecular complexity index is 638. The zero-order valence-electron chi connectivity index (χ0n) is 10.8. The van der Waals surface area contributed by atoms with Crippen LogP contribution in [0.2, 0.25) is 0 Å². The van der Waals surface area contributed by atoms with Gasteiger partial charge < -0.3 is 9.73 Å². The molecule has 0 radical (unpaired) electrons. The van der Waals surface area contributed by atoms with E-state index >= 15 is 0 Å². The first-order valence-electron chi connectivity index (χ1n) is 6.41. The smallest absolute Gasteiger partial charge is 0.256 e. The van der Waals surface area contributed by atoms with Gasteiger partial charge in [-0.15, -0.1) is 0 Å². The number of oxazole rings is 1. The highest BCUT2D eigenvalue weighted by molar-refractivity contribution is 7.99. The second-order valence-corrected chi connectivity index (χ2v) is 5.19. The first-order valence-corrected chi connectivity index (χ1v) is 7.40. The molecule has 0 spiro atoms. The van der Waals surface area contributed by atoms with E-state index in [9.17, 15) is 0 Å². The first-order chi connectivity index (χ1) is 9.92. The summed E-state index contributed by atoms with van der Waals surface area (Å²) in [6.07, 6.45) is 4.44. The van der Waals surface area contributed by atoms with Gasteiger partial charge in [0, 0.05) is 24.7 Å². The van der Waals surface area contributed by atoms with Crippen molar-refractivity contribution < 1.29 is 4.42 Å². The zero-order valence-corrected chi connectivity index (χ0v) is 11.6. The van der Waals surface area contributed by atoms with Crippen LogP contribution in [-0.4, -0.2) is 27.2 Å². The van der Waals surface area contributed by atoms with Crippen molar-refractivity contribution >= 4 is 28.8 Å². The van der Waals surface area contributed by atoms with Crippen LogP contribution in [0.15, 0.2) is 52.4 Å². The molecule has 0 aliphatic heterocycles. The lowest BCUT2D eigenvalue weighted by atomic mass is 10.3. The SMILES string of the molecule is c1cnc(NCCCSc2nc3ccccc3o2)nc1. The summed E-state index contributed by atoms with van der Waals surface area (Å²) in [7, 11) is 0. The molecule has 0 aliphatic rings. The maximum absolute atomic E-state index is 5.64. The van der Waals surface area contributed by atoms with E-state index in [1.807, 2.05) is 24.3 Å². The molecule has 0 bridgehead atoms. The van der Waals surface area contributed by atoms with Gasteiger partial charge in [0.2, 0.25) is 5.95 Å². The molecular formula is C14H14N4OS. The van der Waals surface area contributed by atoms with Gasteiger partial charge >= 0.3 is 0 Å². The lowest BCUT2D eigenvalue weighted by Crippen LogP contribution is -2.05. The molecule has 3 aromatic rings. The summed E-state index contributed by atoms with van der Waals surface area (Å²) in [5, 5.41) is 3.90. The molecular weight excluding hydrogens is 272 g/mol. The van der Waals surface area contributed by atoms with Crippen LogP contribution in [0.5, 0.6) is 0 Å². The first kappa shape index (κ1) is 12.9. The maximum atomic E-state index is 5.64. The summed E-state index contributed by atoms with van der Waals surface area (Å²) >= 11 is 1.62. The largest absolute Gasteiger partial charge is 0.431 e. The standard InChI is InChI=1S/C14H14N4OS/c1-2-6-12-11(5-1)18-14(19-12)20-10-4-9-17-13-15-7-3-8-16-13/h1-3,5-8H,4,9-10H2,(H,15,16,17). The van der Waals surface area contributed by atoms with E-state index in [0.29, 0.717) is 5.95 Å². The average Bonchev–Trinajstić information content (AvgIpc) is 2.90. The molecule has 3 rings (SSSR count). The molecule has 1 aromatic carbocycles. The Labute approximate surface area is 120 Å². The van der Waals surface area contributed by atoms with Gasteiger partial charge in [0.1, 0.15) is 5.52 Å². The van der Waals surface area contributed by atoms with E-state index in [2.05, 4.69) is 20.3 Å². The van der Waals surface area contributed by atoms with Crippen molar-refractivity contribution in [2.45, 2.75) is 11.6 Å². The number of rotatable bonds is 6. The Hall–Kier alpha value is -2.08. The van der Waals surface area contributed by atoms with Crippen molar-refractivity contribution in [2.75, 3.05) is 17.6 Å². The fraction of sp³-hybridized carbons (Fsp3) is 0.214. The highest BCUT2D eigenvalue weighted by Crippen LogP contribution is 2.23. The van der Waals surface area contributed by atoms with E-state index in [4.69, 9.17) is 4.42 Å². The van der Waals surface area contributed by atoms with Crippen molar-refractivity contribution in [1.29, 1.82) is 0 Å². The van der Waals surface area contributed by atoms with E-state index in [0.717, 1.165) is 35.0 Å². The Morgan fingerprint density at radius 2 is 1.95 bits per heavy atom. The lowest BCUT2D eigenvalue weighted by molar-refractivity contribution is 0.489. The van der Waals surface area contributed by atoms with Crippen LogP contribution in [0, 0.1) is 0 Å². The molecule has 0 atom stereocenters. The van der Waals surface area contributed by atoms with Crippen LogP contribution in [0.1, 0.15) is 6.42 Å². The Morgan fingerprint density at radius 3 is 2.80 bits per heavy atom. The van der Waals surface area contributed by atoms with Crippen LogP contribution in [0.4, 0.5) is 5.95 Å². The molecule has 1 N–H and O–H groups in total. The number of thioether (sulfide) groups is 1. The summed E-state index contributed by atoms with van der Waals surface area (Å²) in [6.45, 7) is 0.831. The molecule has 2 aromatic heterocycles. The third-order valence-electron chi connectivity index (χ3n) is 2.67. The Balaban J connectivity index is 1.43. The van der Waals surface area contributed by atoms with Gasteiger partial charge in [-0.1, -0.05) is 23.9 Å². The van der Waals surface area contributed by atoms with E-state index < -0.39 is 0 Å². The summed E-state index contributed by atoms with van der Waals surface area (Å²) in [4.78, 5) is 12.6. The van der Waals surface area contributed by atoms with Crippen molar-refractivity contribution in [3.63, 3.8) is 0 Å². The van der Waals surface area contributed by atoms with Gasteiger partial charge in [0.15, 0.2) is 5.58 Å². The molecule has 6 heteroatoms. The number of benzene rings is 1. The molecule has 0 aliphatic carbocycles. The number of fused-ring (bicyclic) bond motifs is 1. The molecule has 0 fully saturated rings. The maximum Gasteiger partial charge on any atom is 0.256 e. The topological polar surface area (TPSA) is 63.8 Å². The molecule has 0 unspecified atom stereocenters. The van der Waals surface area contributed by atoms with Gasteiger partial charge in [-0.2, -0.15) is 0 Å². The van der Waals surface area contributed by atoms with Crippen molar-refractivity contribution in [2.24, 2.45) is 0 Å². The number of aromatic nitrogens is 3. The number of hydrogen-bond donors (Lipinski definition) is 1. The van der Waals surface area contributed by atoms with Gasteiger partial charge in [-0.05, 0) is 24.6 Å². The van der Waals surface area contributed by atoms with Crippen LogP contribution < -0.4 is 5.32 Å². The number of hydrogen-bond acceptors (Lipinski definition) is 6. The number of nitrogens with zero attached hydrogens (tertiary/aromatic N) is 3. The summed E-state index contributed by atoms with van der Waals surface area (Å²) < 4.78 is 5.64. The van der Waals surface area contributed by atoms with Gasteiger partial charge in [0.25, 0.3) is 5.22 Å². The number of nitrogens with one attached hydrogen (secondary N) is 1. The van der Waals surface area contributed by atoms with Gasteiger partial charge in [-0.25, -0.2) is 15.0 Å². The molecule has 5 nitrogen and oxygen atoms in total. The number of anilines is 1. The minimum absolute atomic E-state index is 0.666. The molecule has 0 amide bonds. The normalized spacial score (nSPS) is 10.8. The average molecular weight is 286 g/mol. The fourth-order valence-corrected chi connectivity index (χ4v) is 2.51. The van der Waals surface area contributed by atoms with E-state index in [1.165, 1.54) is 0 Å². The Morgan fingerprint density at radius 1 is 1.10 bits per heavy atom. The van der Waals surface area contributed by atoms with Gasteiger partial charge in [0.05, 0.1) is 0 Å². The summed E-state index contributed by atoms with van der Waals surface area (Å²) in [6, 6.07) is 9.60. The predicted octanol–water partition coefficient (Wildman–Crippen LogP) is 3.21. The quantitative estimate of drug-likeness (QED) is 0.554. The van der Waals surface area contributed by atoms with Crippen LogP contribution in [0.25, 0.3) is 11.1 Å². The summed E-state index contributed by atoms with van der Waals surface area (Å²) in [5.74, 6) is 1.60. The predicted molar refractivity (Wildman–Crippen MR) is 79.9 cm³/mol. The molecule has 0 saturated carbocycles. The highest BCUT2D eigenvalue weighted by Gasteiger charge is 2.04. The minimum Gasteiger partial charge on any atom is -0.431 e. The second kappa shape index (κ2) is 6.38. The van der Waals surface area contributed by atoms with E-state index in [1.54, 1.807) is 30.2 Å². The third-order valence-corrected chi connectivity index (χ3v) is 3.58.